The van der Waals surface area contributed by atoms with Crippen LogP contribution < -0.4 is 0 Å². The van der Waals surface area contributed by atoms with Gasteiger partial charge in [-0.15, -0.1) is 11.6 Å². The van der Waals surface area contributed by atoms with Gasteiger partial charge in [-0.25, -0.2) is 9.37 Å². The second-order valence-electron chi connectivity index (χ2n) is 5.26. The number of hydrogen-bond donors (Lipinski definition) is 0. The normalized spacial score (nSPS) is 12.3. The average molecular weight is 362 g/mol. The van der Waals surface area contributed by atoms with E-state index in [1.807, 2.05) is 0 Å². The molecule has 0 amide bonds. The van der Waals surface area contributed by atoms with E-state index in [0.29, 0.717) is 16.8 Å². The Balaban J connectivity index is 2.77. The topological polar surface area (TPSA) is 17.8 Å². The third-order valence-electron chi connectivity index (χ3n) is 4.15. The summed E-state index contributed by atoms with van der Waals surface area (Å²) < 4.78 is 16.5. The number of benzene rings is 1. The number of alkyl halides is 1. The maximum Gasteiger partial charge on any atom is 0.139 e. The molecule has 0 saturated heterocycles. The largest absolute Gasteiger partial charge is 0.322 e. The first kappa shape index (κ1) is 15.8. The summed E-state index contributed by atoms with van der Waals surface area (Å²) in [7, 11) is 0. The van der Waals surface area contributed by atoms with Crippen LogP contribution in [0.4, 0.5) is 4.39 Å². The van der Waals surface area contributed by atoms with Crippen molar-refractivity contribution in [2.75, 3.05) is 5.88 Å². The van der Waals surface area contributed by atoms with E-state index in [-0.39, 0.29) is 11.4 Å². The molecule has 20 heavy (non-hydrogen) atoms. The SMILES string of the molecule is CCC(C)(CC)n1c(CCCl)nc2cc(Br)c(F)cc21. The molecule has 0 unspecified atom stereocenters. The van der Waals surface area contributed by atoms with Crippen molar-refractivity contribution in [1.82, 2.24) is 9.55 Å². The van der Waals surface area contributed by atoms with Gasteiger partial charge in [-0.2, -0.15) is 0 Å². The quantitative estimate of drug-likeness (QED) is 0.665. The van der Waals surface area contributed by atoms with Crippen LogP contribution in [0, 0.1) is 5.82 Å². The molecule has 0 saturated carbocycles. The minimum atomic E-state index is -0.259. The minimum absolute atomic E-state index is 0.0730. The van der Waals surface area contributed by atoms with E-state index in [2.05, 4.69) is 46.3 Å². The van der Waals surface area contributed by atoms with E-state index in [4.69, 9.17) is 11.6 Å². The van der Waals surface area contributed by atoms with Crippen LogP contribution >= 0.6 is 27.5 Å². The number of aromatic nitrogens is 2. The molecular weight excluding hydrogens is 343 g/mol. The van der Waals surface area contributed by atoms with Crippen LogP contribution in [0.3, 0.4) is 0 Å². The van der Waals surface area contributed by atoms with Gasteiger partial charge in [0, 0.05) is 23.9 Å². The smallest absolute Gasteiger partial charge is 0.139 e. The summed E-state index contributed by atoms with van der Waals surface area (Å²) in [5.41, 5.74) is 1.58. The zero-order valence-electron chi connectivity index (χ0n) is 12.0. The van der Waals surface area contributed by atoms with Gasteiger partial charge in [0.1, 0.15) is 11.6 Å². The molecule has 0 spiro atoms. The Labute approximate surface area is 132 Å². The lowest BCUT2D eigenvalue weighted by Gasteiger charge is -2.31. The Morgan fingerprint density at radius 3 is 2.55 bits per heavy atom. The fourth-order valence-corrected chi connectivity index (χ4v) is 3.04. The lowest BCUT2D eigenvalue weighted by Crippen LogP contribution is -2.30. The molecule has 0 bridgehead atoms. The Morgan fingerprint density at radius 2 is 2.00 bits per heavy atom. The van der Waals surface area contributed by atoms with Crippen LogP contribution in [0.5, 0.6) is 0 Å². The molecular formula is C15H19BrClFN2. The lowest BCUT2D eigenvalue weighted by atomic mass is 9.94. The molecule has 0 N–H and O–H groups in total. The Hall–Kier alpha value is -0.610. The first-order chi connectivity index (χ1) is 9.46. The Bertz CT molecular complexity index is 620. The van der Waals surface area contributed by atoms with Crippen LogP contribution in [0.1, 0.15) is 39.4 Å². The highest BCUT2D eigenvalue weighted by molar-refractivity contribution is 9.10. The van der Waals surface area contributed by atoms with Crippen molar-refractivity contribution in [2.24, 2.45) is 0 Å². The van der Waals surface area contributed by atoms with E-state index >= 15 is 0 Å². The number of rotatable bonds is 5. The number of imidazole rings is 1. The van der Waals surface area contributed by atoms with Crippen LogP contribution in [-0.4, -0.2) is 15.4 Å². The lowest BCUT2D eigenvalue weighted by molar-refractivity contribution is 0.294. The molecule has 2 rings (SSSR count). The van der Waals surface area contributed by atoms with Gasteiger partial charge in [0.25, 0.3) is 0 Å². The molecule has 1 aromatic carbocycles. The summed E-state index contributed by atoms with van der Waals surface area (Å²) in [6.45, 7) is 6.48. The van der Waals surface area contributed by atoms with Gasteiger partial charge in [-0.3, -0.25) is 0 Å². The van der Waals surface area contributed by atoms with E-state index in [9.17, 15) is 4.39 Å². The molecule has 0 radical (unpaired) electrons. The fourth-order valence-electron chi connectivity index (χ4n) is 2.54. The van der Waals surface area contributed by atoms with Gasteiger partial charge < -0.3 is 4.57 Å². The zero-order chi connectivity index (χ0) is 14.9. The zero-order valence-corrected chi connectivity index (χ0v) is 14.4. The molecule has 2 aromatic rings. The molecule has 2 nitrogen and oxygen atoms in total. The standard InChI is InChI=1S/C15H19BrClFN2/c1-4-15(3,5-2)20-13-9-11(18)10(16)8-12(13)19-14(20)6-7-17/h8-9H,4-7H2,1-3H3. The molecule has 5 heteroatoms. The van der Waals surface area contributed by atoms with Gasteiger partial charge in [0.05, 0.1) is 15.5 Å². The first-order valence-corrected chi connectivity index (χ1v) is 8.22. The second-order valence-corrected chi connectivity index (χ2v) is 6.49. The van der Waals surface area contributed by atoms with Crippen LogP contribution in [-0.2, 0) is 12.0 Å². The molecule has 1 aromatic heterocycles. The van der Waals surface area contributed by atoms with E-state index in [1.54, 1.807) is 12.1 Å². The predicted octanol–water partition coefficient (Wildman–Crippen LogP) is 5.25. The summed E-state index contributed by atoms with van der Waals surface area (Å²) in [5.74, 6) is 1.18. The minimum Gasteiger partial charge on any atom is -0.322 e. The summed E-state index contributed by atoms with van der Waals surface area (Å²) in [5, 5.41) is 0. The highest BCUT2D eigenvalue weighted by atomic mass is 79.9. The number of fused-ring (bicyclic) bond motifs is 1. The molecule has 0 fully saturated rings. The first-order valence-electron chi connectivity index (χ1n) is 6.89. The molecule has 0 aliphatic heterocycles. The number of hydrogen-bond acceptors (Lipinski definition) is 1. The van der Waals surface area contributed by atoms with Gasteiger partial charge >= 0.3 is 0 Å². The number of halogens is 3. The second kappa shape index (κ2) is 6.02. The monoisotopic (exact) mass is 360 g/mol. The molecule has 1 heterocycles. The number of aryl methyl sites for hydroxylation is 1. The van der Waals surface area contributed by atoms with E-state index in [1.165, 1.54) is 0 Å². The van der Waals surface area contributed by atoms with Crippen molar-refractivity contribution in [2.45, 2.75) is 45.6 Å². The van der Waals surface area contributed by atoms with Gasteiger partial charge in [-0.05, 0) is 41.8 Å². The summed E-state index contributed by atoms with van der Waals surface area (Å²) in [6, 6.07) is 3.30. The van der Waals surface area contributed by atoms with Crippen molar-refractivity contribution in [1.29, 1.82) is 0 Å². The maximum absolute atomic E-state index is 13.9. The van der Waals surface area contributed by atoms with Crippen molar-refractivity contribution < 1.29 is 4.39 Å². The third-order valence-corrected chi connectivity index (χ3v) is 4.94. The van der Waals surface area contributed by atoms with Crippen LogP contribution in [0.25, 0.3) is 11.0 Å². The van der Waals surface area contributed by atoms with Gasteiger partial charge in [0.2, 0.25) is 0 Å². The highest BCUT2D eigenvalue weighted by Crippen LogP contribution is 2.33. The van der Waals surface area contributed by atoms with Crippen molar-refractivity contribution in [3.8, 4) is 0 Å². The van der Waals surface area contributed by atoms with Gasteiger partial charge in [-0.1, -0.05) is 13.8 Å². The van der Waals surface area contributed by atoms with Crippen molar-refractivity contribution in [3.63, 3.8) is 0 Å². The average Bonchev–Trinajstić information content (AvgIpc) is 2.77. The van der Waals surface area contributed by atoms with E-state index in [0.717, 1.165) is 29.7 Å². The third kappa shape index (κ3) is 2.60. The molecule has 0 atom stereocenters. The Kier molecular flexibility index (Phi) is 4.75. The van der Waals surface area contributed by atoms with Gasteiger partial charge in [0.15, 0.2) is 0 Å². The molecule has 0 aliphatic rings. The summed E-state index contributed by atoms with van der Waals surface area (Å²) in [6.07, 6.45) is 2.61. The molecule has 110 valence electrons. The highest BCUT2D eigenvalue weighted by Gasteiger charge is 2.27. The van der Waals surface area contributed by atoms with Crippen molar-refractivity contribution >= 4 is 38.6 Å². The van der Waals surface area contributed by atoms with Crippen LogP contribution in [0.15, 0.2) is 16.6 Å². The fraction of sp³-hybridized carbons (Fsp3) is 0.533. The number of nitrogens with zero attached hydrogens (tertiary/aromatic N) is 2. The maximum atomic E-state index is 13.9. The van der Waals surface area contributed by atoms with Crippen molar-refractivity contribution in [3.05, 3.63) is 28.2 Å². The summed E-state index contributed by atoms with van der Waals surface area (Å²) in [4.78, 5) is 4.65. The van der Waals surface area contributed by atoms with E-state index < -0.39 is 0 Å². The van der Waals surface area contributed by atoms with Crippen LogP contribution in [0.2, 0.25) is 0 Å². The molecule has 0 aliphatic carbocycles. The predicted molar refractivity (Wildman–Crippen MR) is 86.0 cm³/mol. The Morgan fingerprint density at radius 1 is 1.35 bits per heavy atom. The summed E-state index contributed by atoms with van der Waals surface area (Å²) >= 11 is 9.12.